The summed E-state index contributed by atoms with van der Waals surface area (Å²) in [6.45, 7) is 7.91. The Morgan fingerprint density at radius 3 is 2.40 bits per heavy atom. The number of ether oxygens (including phenoxy) is 2. The first-order valence-corrected chi connectivity index (χ1v) is 7.90. The van der Waals surface area contributed by atoms with Gasteiger partial charge in [-0.1, -0.05) is 19.8 Å². The van der Waals surface area contributed by atoms with E-state index in [9.17, 15) is 4.79 Å². The van der Waals surface area contributed by atoms with Gasteiger partial charge in [-0.25, -0.2) is 4.79 Å². The highest BCUT2D eigenvalue weighted by atomic mass is 16.7. The average molecular weight is 284 g/mol. The molecule has 0 unspecified atom stereocenters. The van der Waals surface area contributed by atoms with Crippen molar-refractivity contribution in [3.63, 3.8) is 0 Å². The molecule has 5 heteroatoms. The Morgan fingerprint density at radius 2 is 1.80 bits per heavy atom. The topological polar surface area (TPSA) is 50.8 Å². The molecule has 5 nitrogen and oxygen atoms in total. The molecule has 2 aliphatic rings. The van der Waals surface area contributed by atoms with E-state index in [4.69, 9.17) is 9.47 Å². The van der Waals surface area contributed by atoms with Crippen LogP contribution in [0.3, 0.4) is 0 Å². The summed E-state index contributed by atoms with van der Waals surface area (Å²) in [5.74, 6) is -0.124. The predicted octanol–water partition coefficient (Wildman–Crippen LogP) is 2.36. The van der Waals surface area contributed by atoms with Crippen LogP contribution in [0.2, 0.25) is 0 Å². The van der Waals surface area contributed by atoms with Crippen LogP contribution in [0, 0.1) is 5.92 Å². The van der Waals surface area contributed by atoms with Gasteiger partial charge in [-0.3, -0.25) is 0 Å². The van der Waals surface area contributed by atoms with Crippen molar-refractivity contribution in [2.24, 2.45) is 5.92 Å². The number of nitrogens with one attached hydrogen (secondary N) is 1. The van der Waals surface area contributed by atoms with Gasteiger partial charge in [0.2, 0.25) is 0 Å². The zero-order valence-electron chi connectivity index (χ0n) is 12.8. The fourth-order valence-electron chi connectivity index (χ4n) is 3.03. The van der Waals surface area contributed by atoms with E-state index in [1.807, 2.05) is 11.8 Å². The summed E-state index contributed by atoms with van der Waals surface area (Å²) in [7, 11) is 0. The molecule has 2 heterocycles. The van der Waals surface area contributed by atoms with Crippen LogP contribution in [-0.2, 0) is 9.47 Å². The quantitative estimate of drug-likeness (QED) is 0.862. The van der Waals surface area contributed by atoms with Crippen LogP contribution in [0.15, 0.2) is 0 Å². The average Bonchev–Trinajstić information content (AvgIpc) is 2.68. The van der Waals surface area contributed by atoms with Gasteiger partial charge in [0, 0.05) is 26.1 Å². The molecule has 0 aromatic carbocycles. The maximum Gasteiger partial charge on any atom is 0.317 e. The van der Waals surface area contributed by atoms with Gasteiger partial charge >= 0.3 is 6.03 Å². The fourth-order valence-corrected chi connectivity index (χ4v) is 3.03. The molecule has 0 saturated carbocycles. The molecule has 2 fully saturated rings. The number of nitrogens with zero attached hydrogens (tertiary/aromatic N) is 1. The van der Waals surface area contributed by atoms with Crippen LogP contribution >= 0.6 is 0 Å². The molecule has 0 spiro atoms. The minimum atomic E-state index is -0.466. The number of carbonyl (C=O) groups excluding carboxylic acids is 1. The van der Waals surface area contributed by atoms with Gasteiger partial charge in [0.15, 0.2) is 5.79 Å². The maximum absolute atomic E-state index is 12.1. The molecule has 0 aromatic heterocycles. The Kier molecular flexibility index (Phi) is 5.66. The summed E-state index contributed by atoms with van der Waals surface area (Å²) in [6, 6.07) is 0.0807. The Bertz CT molecular complexity index is 308. The SMILES string of the molecule is C[C@H](CNC(=O)N1CCCCCC1)CC1(C)OCCO1. The molecular formula is C15H28N2O3. The van der Waals surface area contributed by atoms with Gasteiger partial charge in [0.05, 0.1) is 13.2 Å². The monoisotopic (exact) mass is 284 g/mol. The second-order valence-corrected chi connectivity index (χ2v) is 6.23. The molecule has 116 valence electrons. The Balaban J connectivity index is 1.69. The molecule has 0 bridgehead atoms. The number of rotatable bonds is 4. The molecule has 2 aliphatic heterocycles. The lowest BCUT2D eigenvalue weighted by molar-refractivity contribution is -0.153. The first-order chi connectivity index (χ1) is 9.59. The lowest BCUT2D eigenvalue weighted by Gasteiger charge is -2.27. The summed E-state index contributed by atoms with van der Waals surface area (Å²) in [6.07, 6.45) is 5.55. The molecular weight excluding hydrogens is 256 g/mol. The molecule has 2 saturated heterocycles. The van der Waals surface area contributed by atoms with Crippen molar-refractivity contribution in [2.75, 3.05) is 32.8 Å². The third-order valence-electron chi connectivity index (χ3n) is 4.11. The number of carbonyl (C=O) groups is 1. The molecule has 1 N–H and O–H groups in total. The van der Waals surface area contributed by atoms with E-state index in [2.05, 4.69) is 12.2 Å². The van der Waals surface area contributed by atoms with E-state index < -0.39 is 5.79 Å². The predicted molar refractivity (Wildman–Crippen MR) is 77.5 cm³/mol. The number of likely N-dealkylation sites (tertiary alicyclic amines) is 1. The zero-order chi connectivity index (χ0) is 14.4. The van der Waals surface area contributed by atoms with Gasteiger partial charge in [0.1, 0.15) is 0 Å². The van der Waals surface area contributed by atoms with Crippen LogP contribution in [0.25, 0.3) is 0 Å². The van der Waals surface area contributed by atoms with E-state index in [0.717, 1.165) is 32.4 Å². The number of urea groups is 1. The summed E-state index contributed by atoms with van der Waals surface area (Å²) < 4.78 is 11.2. The largest absolute Gasteiger partial charge is 0.348 e. The first-order valence-electron chi connectivity index (χ1n) is 7.90. The van der Waals surface area contributed by atoms with Crippen LogP contribution in [0.5, 0.6) is 0 Å². The van der Waals surface area contributed by atoms with Gasteiger partial charge in [-0.2, -0.15) is 0 Å². The lowest BCUT2D eigenvalue weighted by Crippen LogP contribution is -2.43. The standard InChI is InChI=1S/C15H28N2O3/c1-13(11-15(2)19-9-10-20-15)12-16-14(18)17-7-5-3-4-6-8-17/h13H,3-12H2,1-2H3,(H,16,18)/t13-/m0/s1. The normalized spacial score (nSPS) is 24.2. The van der Waals surface area contributed by atoms with Crippen LogP contribution in [-0.4, -0.2) is 49.6 Å². The Hall–Kier alpha value is -0.810. The molecule has 2 amide bonds. The number of hydrogen-bond donors (Lipinski definition) is 1. The van der Waals surface area contributed by atoms with E-state index in [1.165, 1.54) is 12.8 Å². The first kappa shape index (κ1) is 15.6. The summed E-state index contributed by atoms with van der Waals surface area (Å²) in [5, 5.41) is 3.05. The smallest absolute Gasteiger partial charge is 0.317 e. The van der Waals surface area contributed by atoms with E-state index in [0.29, 0.717) is 25.7 Å². The Morgan fingerprint density at radius 1 is 1.20 bits per heavy atom. The lowest BCUT2D eigenvalue weighted by atomic mass is 10.0. The van der Waals surface area contributed by atoms with Crippen LogP contribution < -0.4 is 5.32 Å². The second-order valence-electron chi connectivity index (χ2n) is 6.23. The maximum atomic E-state index is 12.1. The summed E-state index contributed by atoms with van der Waals surface area (Å²) in [4.78, 5) is 14.1. The van der Waals surface area contributed by atoms with Crippen molar-refractivity contribution in [1.29, 1.82) is 0 Å². The minimum Gasteiger partial charge on any atom is -0.348 e. The van der Waals surface area contributed by atoms with Gasteiger partial charge in [-0.15, -0.1) is 0 Å². The molecule has 0 aromatic rings. The van der Waals surface area contributed by atoms with Crippen molar-refractivity contribution < 1.29 is 14.3 Å². The highest BCUT2D eigenvalue weighted by Gasteiger charge is 2.32. The molecule has 2 rings (SSSR count). The van der Waals surface area contributed by atoms with Gasteiger partial charge in [0.25, 0.3) is 0 Å². The summed E-state index contributed by atoms with van der Waals surface area (Å²) in [5.41, 5.74) is 0. The van der Waals surface area contributed by atoms with E-state index in [1.54, 1.807) is 0 Å². The molecule has 1 atom stereocenters. The Labute approximate surface area is 122 Å². The van der Waals surface area contributed by atoms with Crippen LogP contribution in [0.4, 0.5) is 4.79 Å². The van der Waals surface area contributed by atoms with E-state index >= 15 is 0 Å². The highest BCUT2D eigenvalue weighted by Crippen LogP contribution is 2.26. The highest BCUT2D eigenvalue weighted by molar-refractivity contribution is 5.74. The van der Waals surface area contributed by atoms with Crippen molar-refractivity contribution in [3.8, 4) is 0 Å². The molecule has 20 heavy (non-hydrogen) atoms. The summed E-state index contributed by atoms with van der Waals surface area (Å²) >= 11 is 0. The number of hydrogen-bond acceptors (Lipinski definition) is 3. The van der Waals surface area contributed by atoms with Crippen molar-refractivity contribution >= 4 is 6.03 Å². The van der Waals surface area contributed by atoms with Crippen molar-refractivity contribution in [1.82, 2.24) is 10.2 Å². The van der Waals surface area contributed by atoms with E-state index in [-0.39, 0.29) is 6.03 Å². The van der Waals surface area contributed by atoms with Gasteiger partial charge < -0.3 is 19.7 Å². The molecule has 0 aliphatic carbocycles. The van der Waals surface area contributed by atoms with Crippen LogP contribution in [0.1, 0.15) is 46.0 Å². The van der Waals surface area contributed by atoms with Crippen molar-refractivity contribution in [2.45, 2.75) is 51.7 Å². The fraction of sp³-hybridized carbons (Fsp3) is 0.933. The molecule has 0 radical (unpaired) electrons. The zero-order valence-corrected chi connectivity index (χ0v) is 12.8. The van der Waals surface area contributed by atoms with Crippen molar-refractivity contribution in [3.05, 3.63) is 0 Å². The van der Waals surface area contributed by atoms with Gasteiger partial charge in [-0.05, 0) is 25.7 Å². The third-order valence-corrected chi connectivity index (χ3v) is 4.11. The third kappa shape index (κ3) is 4.63. The second kappa shape index (κ2) is 7.27. The minimum absolute atomic E-state index is 0.0807. The number of amides is 2.